The lowest BCUT2D eigenvalue weighted by Crippen LogP contribution is -2.57. The van der Waals surface area contributed by atoms with Gasteiger partial charge in [0.15, 0.2) is 0 Å². The van der Waals surface area contributed by atoms with Crippen LogP contribution in [0.25, 0.3) is 17.2 Å². The summed E-state index contributed by atoms with van der Waals surface area (Å²) in [5, 5.41) is 7.53. The van der Waals surface area contributed by atoms with Crippen molar-refractivity contribution >= 4 is 5.91 Å². The zero-order valence-corrected chi connectivity index (χ0v) is 19.3. The lowest BCUT2D eigenvalue weighted by molar-refractivity contribution is -0.0199. The zero-order valence-electron chi connectivity index (χ0n) is 19.3. The summed E-state index contributed by atoms with van der Waals surface area (Å²) in [6.07, 6.45) is 7.64. The molecule has 2 fully saturated rings. The molecule has 9 heteroatoms. The molecule has 3 aromatic rings. The van der Waals surface area contributed by atoms with Gasteiger partial charge in [0.1, 0.15) is 5.82 Å². The summed E-state index contributed by atoms with van der Waals surface area (Å²) in [5.74, 6) is -0.225. The molecule has 1 N–H and O–H groups in total. The molecule has 34 heavy (non-hydrogen) atoms. The van der Waals surface area contributed by atoms with Crippen LogP contribution in [0.4, 0.5) is 4.39 Å². The molecule has 178 valence electrons. The lowest BCUT2D eigenvalue weighted by atomic mass is 9.94. The molecule has 1 aliphatic heterocycles. The molecule has 1 aliphatic carbocycles. The number of aromatic nitrogens is 4. The molecule has 1 saturated heterocycles. The zero-order chi connectivity index (χ0) is 23.5. The van der Waals surface area contributed by atoms with Crippen molar-refractivity contribution in [2.75, 3.05) is 32.8 Å². The molecule has 0 spiro atoms. The Kier molecular flexibility index (Phi) is 6.38. The number of amides is 1. The fourth-order valence-electron chi connectivity index (χ4n) is 5.12. The van der Waals surface area contributed by atoms with Crippen LogP contribution in [0.2, 0.25) is 0 Å². The number of ether oxygens (including phenoxy) is 1. The largest absolute Gasteiger partial charge is 0.379 e. The maximum Gasteiger partial charge on any atom is 0.254 e. The van der Waals surface area contributed by atoms with Crippen LogP contribution in [0, 0.1) is 12.7 Å². The van der Waals surface area contributed by atoms with Gasteiger partial charge in [0.25, 0.3) is 11.9 Å². The fraction of sp³-hybridized carbons (Fsp3) is 0.440. The molecular formula is C25H29FN6O2. The Morgan fingerprint density at radius 3 is 2.71 bits per heavy atom. The number of hydrogen-bond donors (Lipinski definition) is 1. The third-order valence-electron chi connectivity index (χ3n) is 7.03. The highest BCUT2D eigenvalue weighted by molar-refractivity contribution is 5.95. The van der Waals surface area contributed by atoms with Gasteiger partial charge in [-0.05, 0) is 38.0 Å². The first-order valence-electron chi connectivity index (χ1n) is 11.8. The van der Waals surface area contributed by atoms with E-state index in [1.165, 1.54) is 23.6 Å². The first kappa shape index (κ1) is 22.6. The minimum absolute atomic E-state index is 0.000534. The second kappa shape index (κ2) is 9.60. The van der Waals surface area contributed by atoms with Crippen molar-refractivity contribution < 1.29 is 13.9 Å². The predicted octanol–water partition coefficient (Wildman–Crippen LogP) is 3.15. The SMILES string of the molecule is Cc1c(C(=O)NCC2(N3CCOCC3)CCCC2)cnn1-c1nccc(-c2ccccc2F)n1. The fourth-order valence-corrected chi connectivity index (χ4v) is 5.12. The number of nitrogens with one attached hydrogen (secondary N) is 1. The predicted molar refractivity (Wildman–Crippen MR) is 125 cm³/mol. The standard InChI is InChI=1S/C25H29FN6O2/c1-18-20(23(33)28-17-25(9-4-5-10-25)31-12-14-34-15-13-31)16-29-32(18)24-27-11-8-22(30-24)19-6-2-3-7-21(19)26/h2-3,6-8,11,16H,4-5,9-10,12-15,17H2,1H3,(H,28,33). The van der Waals surface area contributed by atoms with E-state index in [0.29, 0.717) is 29.1 Å². The van der Waals surface area contributed by atoms with E-state index < -0.39 is 0 Å². The van der Waals surface area contributed by atoms with Crippen molar-refractivity contribution in [3.8, 4) is 17.2 Å². The normalized spacial score (nSPS) is 18.2. The highest BCUT2D eigenvalue weighted by Crippen LogP contribution is 2.35. The second-order valence-electron chi connectivity index (χ2n) is 8.99. The van der Waals surface area contributed by atoms with Crippen LogP contribution in [0.1, 0.15) is 41.7 Å². The van der Waals surface area contributed by atoms with E-state index in [1.807, 2.05) is 6.92 Å². The van der Waals surface area contributed by atoms with Gasteiger partial charge in [-0.3, -0.25) is 9.69 Å². The summed E-state index contributed by atoms with van der Waals surface area (Å²) in [7, 11) is 0. The maximum atomic E-state index is 14.2. The number of hydrogen-bond acceptors (Lipinski definition) is 6. The van der Waals surface area contributed by atoms with E-state index >= 15 is 0 Å². The van der Waals surface area contributed by atoms with Crippen molar-refractivity contribution in [2.24, 2.45) is 0 Å². The minimum atomic E-state index is -0.356. The Morgan fingerprint density at radius 2 is 1.94 bits per heavy atom. The third-order valence-corrected chi connectivity index (χ3v) is 7.03. The van der Waals surface area contributed by atoms with Gasteiger partial charge in [-0.15, -0.1) is 0 Å². The van der Waals surface area contributed by atoms with Gasteiger partial charge in [0.05, 0.1) is 36.4 Å². The minimum Gasteiger partial charge on any atom is -0.379 e. The monoisotopic (exact) mass is 464 g/mol. The maximum absolute atomic E-state index is 14.2. The molecule has 3 heterocycles. The Labute approximate surface area is 198 Å². The number of nitrogens with zero attached hydrogens (tertiary/aromatic N) is 5. The van der Waals surface area contributed by atoms with Gasteiger partial charge in [-0.25, -0.2) is 19.0 Å². The van der Waals surface area contributed by atoms with Crippen LogP contribution in [0.3, 0.4) is 0 Å². The molecule has 0 radical (unpaired) electrons. The smallest absolute Gasteiger partial charge is 0.254 e. The molecule has 1 amide bonds. The number of benzene rings is 1. The summed E-state index contributed by atoms with van der Waals surface area (Å²) < 4.78 is 21.3. The van der Waals surface area contributed by atoms with Gasteiger partial charge >= 0.3 is 0 Å². The lowest BCUT2D eigenvalue weighted by Gasteiger charge is -2.43. The summed E-state index contributed by atoms with van der Waals surface area (Å²) in [6.45, 7) is 5.72. The van der Waals surface area contributed by atoms with Crippen molar-refractivity contribution in [1.82, 2.24) is 30.0 Å². The van der Waals surface area contributed by atoms with Gasteiger partial charge in [0.2, 0.25) is 0 Å². The van der Waals surface area contributed by atoms with Crippen molar-refractivity contribution in [1.29, 1.82) is 0 Å². The summed E-state index contributed by atoms with van der Waals surface area (Å²) in [6, 6.07) is 8.12. The molecule has 1 saturated carbocycles. The Morgan fingerprint density at radius 1 is 1.18 bits per heavy atom. The van der Waals surface area contributed by atoms with Gasteiger partial charge in [-0.2, -0.15) is 5.10 Å². The molecule has 1 aromatic carbocycles. The molecule has 2 aromatic heterocycles. The molecule has 0 unspecified atom stereocenters. The number of carbonyl (C=O) groups is 1. The average molecular weight is 465 g/mol. The number of rotatable bonds is 6. The van der Waals surface area contributed by atoms with Crippen LogP contribution in [0.15, 0.2) is 42.7 Å². The van der Waals surface area contributed by atoms with Gasteiger partial charge in [0, 0.05) is 36.9 Å². The molecule has 5 rings (SSSR count). The van der Waals surface area contributed by atoms with Crippen molar-refractivity contribution in [2.45, 2.75) is 38.1 Å². The summed E-state index contributed by atoms with van der Waals surface area (Å²) in [5.41, 5.74) is 1.96. The number of carbonyl (C=O) groups excluding carboxylic acids is 1. The summed E-state index contributed by atoms with van der Waals surface area (Å²) in [4.78, 5) is 24.4. The first-order chi connectivity index (χ1) is 16.6. The Balaban J connectivity index is 1.34. The molecule has 8 nitrogen and oxygen atoms in total. The van der Waals surface area contributed by atoms with E-state index in [1.54, 1.807) is 36.7 Å². The van der Waals surface area contributed by atoms with Crippen LogP contribution < -0.4 is 5.32 Å². The molecule has 0 bridgehead atoms. The number of halogens is 1. The van der Waals surface area contributed by atoms with Crippen molar-refractivity contribution in [3.05, 3.63) is 59.8 Å². The quantitative estimate of drug-likeness (QED) is 0.603. The third kappa shape index (κ3) is 4.33. The van der Waals surface area contributed by atoms with Crippen LogP contribution in [0.5, 0.6) is 0 Å². The van der Waals surface area contributed by atoms with Crippen LogP contribution >= 0.6 is 0 Å². The van der Waals surface area contributed by atoms with Crippen LogP contribution in [-0.4, -0.2) is 68.9 Å². The topological polar surface area (TPSA) is 85.2 Å². The highest BCUT2D eigenvalue weighted by atomic mass is 19.1. The molecule has 2 aliphatic rings. The number of morpholine rings is 1. The first-order valence-corrected chi connectivity index (χ1v) is 11.8. The van der Waals surface area contributed by atoms with E-state index in [4.69, 9.17) is 4.74 Å². The van der Waals surface area contributed by atoms with E-state index in [0.717, 1.165) is 39.1 Å². The van der Waals surface area contributed by atoms with Gasteiger partial charge in [-0.1, -0.05) is 25.0 Å². The molecular weight excluding hydrogens is 435 g/mol. The van der Waals surface area contributed by atoms with E-state index in [9.17, 15) is 9.18 Å². The molecule has 0 atom stereocenters. The Bertz CT molecular complexity index is 1170. The Hall–Kier alpha value is -3.17. The van der Waals surface area contributed by atoms with Crippen LogP contribution in [-0.2, 0) is 4.74 Å². The van der Waals surface area contributed by atoms with E-state index in [2.05, 4.69) is 25.3 Å². The highest BCUT2D eigenvalue weighted by Gasteiger charge is 2.40. The van der Waals surface area contributed by atoms with Gasteiger partial charge < -0.3 is 10.1 Å². The summed E-state index contributed by atoms with van der Waals surface area (Å²) >= 11 is 0. The van der Waals surface area contributed by atoms with Crippen molar-refractivity contribution in [3.63, 3.8) is 0 Å². The van der Waals surface area contributed by atoms with E-state index in [-0.39, 0.29) is 23.2 Å². The average Bonchev–Trinajstić information content (AvgIpc) is 3.51. The second-order valence-corrected chi connectivity index (χ2v) is 8.99.